The molecule has 0 saturated heterocycles. The highest BCUT2D eigenvalue weighted by Gasteiger charge is 2.17. The van der Waals surface area contributed by atoms with E-state index in [1.807, 2.05) is 0 Å². The molecule has 8 heteroatoms. The van der Waals surface area contributed by atoms with Crippen molar-refractivity contribution in [1.29, 1.82) is 0 Å². The fourth-order valence-electron chi connectivity index (χ4n) is 2.24. The molecule has 0 atom stereocenters. The molecule has 2 rings (SSSR count). The van der Waals surface area contributed by atoms with Crippen LogP contribution in [0.2, 0.25) is 0 Å². The van der Waals surface area contributed by atoms with Gasteiger partial charge in [-0.15, -0.1) is 6.58 Å². The summed E-state index contributed by atoms with van der Waals surface area (Å²) < 4.78 is 40.9. The van der Waals surface area contributed by atoms with Crippen molar-refractivity contribution in [2.45, 2.75) is 11.4 Å². The number of nitrogens with zero attached hydrogens (tertiary/aromatic N) is 1. The first-order valence-electron chi connectivity index (χ1n) is 7.64. The molecule has 0 aliphatic rings. The Kier molecular flexibility index (Phi) is 6.69. The zero-order chi connectivity index (χ0) is 19.3. The number of hydrogen-bond donors (Lipinski definition) is 1. The lowest BCUT2D eigenvalue weighted by atomic mass is 10.1. The molecule has 0 aromatic heterocycles. The molecule has 0 fully saturated rings. The summed E-state index contributed by atoms with van der Waals surface area (Å²) in [6, 6.07) is 10.1. The maximum absolute atomic E-state index is 13.8. The summed E-state index contributed by atoms with van der Waals surface area (Å²) in [6.45, 7) is 3.66. The Morgan fingerprint density at radius 3 is 2.54 bits per heavy atom. The summed E-state index contributed by atoms with van der Waals surface area (Å²) in [5.74, 6) is -0.741. The molecule has 0 radical (unpaired) electrons. The average Bonchev–Trinajstić information content (AvgIpc) is 2.62. The minimum atomic E-state index is -3.65. The van der Waals surface area contributed by atoms with E-state index >= 15 is 0 Å². The third kappa shape index (κ3) is 5.00. The first-order valence-corrected chi connectivity index (χ1v) is 9.92. The number of sulfonamides is 1. The minimum absolute atomic E-state index is 0.0524. The van der Waals surface area contributed by atoms with Crippen LogP contribution in [0.25, 0.3) is 0 Å². The van der Waals surface area contributed by atoms with Gasteiger partial charge in [-0.2, -0.15) is 0 Å². The predicted octanol–water partition coefficient (Wildman–Crippen LogP) is 3.32. The van der Waals surface area contributed by atoms with E-state index < -0.39 is 15.8 Å². The number of hydrogen-bond acceptors (Lipinski definition) is 3. The second-order valence-corrected chi connectivity index (χ2v) is 8.24. The van der Waals surface area contributed by atoms with Gasteiger partial charge in [0.2, 0.25) is 10.0 Å². The molecule has 138 valence electrons. The van der Waals surface area contributed by atoms with Gasteiger partial charge < -0.3 is 4.90 Å². The van der Waals surface area contributed by atoms with Crippen LogP contribution in [0.5, 0.6) is 0 Å². The van der Waals surface area contributed by atoms with Crippen molar-refractivity contribution < 1.29 is 17.6 Å². The standard InChI is InChI=1S/C18H18BrFN2O3S/c1-3-10-21-26(24,25)16-7-4-13(5-8-16)18(23)22(2)12-14-11-15(19)6-9-17(14)20/h3-9,11,21H,1,10,12H2,2H3. The molecule has 1 N–H and O–H groups in total. The van der Waals surface area contributed by atoms with Gasteiger partial charge in [-0.25, -0.2) is 17.5 Å². The van der Waals surface area contributed by atoms with Crippen molar-refractivity contribution >= 4 is 31.9 Å². The van der Waals surface area contributed by atoms with Gasteiger partial charge in [-0.3, -0.25) is 4.79 Å². The molecule has 0 unspecified atom stereocenters. The van der Waals surface area contributed by atoms with Crippen molar-refractivity contribution in [3.63, 3.8) is 0 Å². The summed E-state index contributed by atoms with van der Waals surface area (Å²) in [5.41, 5.74) is 0.689. The Labute approximate surface area is 160 Å². The predicted molar refractivity (Wildman–Crippen MR) is 102 cm³/mol. The van der Waals surface area contributed by atoms with Crippen LogP contribution in [0.1, 0.15) is 15.9 Å². The van der Waals surface area contributed by atoms with Crippen molar-refractivity contribution in [3.8, 4) is 0 Å². The fourth-order valence-corrected chi connectivity index (χ4v) is 3.65. The molecule has 2 aromatic carbocycles. The van der Waals surface area contributed by atoms with Crippen LogP contribution in [-0.4, -0.2) is 32.8 Å². The highest BCUT2D eigenvalue weighted by Crippen LogP contribution is 2.18. The van der Waals surface area contributed by atoms with Gasteiger partial charge >= 0.3 is 0 Å². The van der Waals surface area contributed by atoms with E-state index in [1.165, 1.54) is 41.3 Å². The first-order chi connectivity index (χ1) is 12.2. The Balaban J connectivity index is 2.14. The normalized spacial score (nSPS) is 11.2. The first kappa shape index (κ1) is 20.3. The van der Waals surface area contributed by atoms with Gasteiger partial charge in [0.25, 0.3) is 5.91 Å². The molecule has 1 amide bonds. The highest BCUT2D eigenvalue weighted by molar-refractivity contribution is 9.10. The number of halogens is 2. The smallest absolute Gasteiger partial charge is 0.253 e. The number of carbonyl (C=O) groups is 1. The molecule has 2 aromatic rings. The van der Waals surface area contributed by atoms with E-state index in [-0.39, 0.29) is 23.9 Å². The van der Waals surface area contributed by atoms with Gasteiger partial charge in [0.05, 0.1) is 4.90 Å². The summed E-state index contributed by atoms with van der Waals surface area (Å²) >= 11 is 3.27. The summed E-state index contributed by atoms with van der Waals surface area (Å²) in [5, 5.41) is 0. The molecule has 5 nitrogen and oxygen atoms in total. The van der Waals surface area contributed by atoms with Crippen LogP contribution in [0, 0.1) is 5.82 Å². The van der Waals surface area contributed by atoms with E-state index in [4.69, 9.17) is 0 Å². The Morgan fingerprint density at radius 2 is 1.92 bits per heavy atom. The monoisotopic (exact) mass is 440 g/mol. The van der Waals surface area contributed by atoms with Crippen LogP contribution in [0.4, 0.5) is 4.39 Å². The van der Waals surface area contributed by atoms with E-state index in [0.29, 0.717) is 11.1 Å². The molecule has 0 bridgehead atoms. The molecule has 0 heterocycles. The van der Waals surface area contributed by atoms with Gasteiger partial charge in [-0.1, -0.05) is 22.0 Å². The average molecular weight is 441 g/mol. The maximum atomic E-state index is 13.8. The fraction of sp³-hybridized carbons (Fsp3) is 0.167. The van der Waals surface area contributed by atoms with E-state index in [9.17, 15) is 17.6 Å². The van der Waals surface area contributed by atoms with Gasteiger partial charge in [0.1, 0.15) is 5.82 Å². The lowest BCUT2D eigenvalue weighted by Gasteiger charge is -2.18. The zero-order valence-corrected chi connectivity index (χ0v) is 16.5. The Morgan fingerprint density at radius 1 is 1.27 bits per heavy atom. The van der Waals surface area contributed by atoms with Crippen LogP contribution in [-0.2, 0) is 16.6 Å². The highest BCUT2D eigenvalue weighted by atomic mass is 79.9. The Hall–Kier alpha value is -2.03. The lowest BCUT2D eigenvalue weighted by molar-refractivity contribution is 0.0783. The number of benzene rings is 2. The molecule has 0 spiro atoms. The molecule has 26 heavy (non-hydrogen) atoms. The molecule has 0 aliphatic heterocycles. The van der Waals surface area contributed by atoms with Gasteiger partial charge in [-0.05, 0) is 42.5 Å². The largest absolute Gasteiger partial charge is 0.337 e. The number of rotatable bonds is 7. The second-order valence-electron chi connectivity index (χ2n) is 5.56. The van der Waals surface area contributed by atoms with E-state index in [2.05, 4.69) is 27.2 Å². The minimum Gasteiger partial charge on any atom is -0.337 e. The van der Waals surface area contributed by atoms with E-state index in [1.54, 1.807) is 19.2 Å². The third-order valence-corrected chi connectivity index (χ3v) is 5.52. The van der Waals surface area contributed by atoms with E-state index in [0.717, 1.165) is 4.47 Å². The number of nitrogens with one attached hydrogen (secondary N) is 1. The number of amides is 1. The van der Waals surface area contributed by atoms with Crippen LogP contribution in [0.3, 0.4) is 0 Å². The van der Waals surface area contributed by atoms with Crippen LogP contribution >= 0.6 is 15.9 Å². The van der Waals surface area contributed by atoms with Crippen LogP contribution in [0.15, 0.2) is 64.5 Å². The van der Waals surface area contributed by atoms with Crippen molar-refractivity contribution in [2.75, 3.05) is 13.6 Å². The molecule has 0 aliphatic carbocycles. The van der Waals surface area contributed by atoms with Gasteiger partial charge in [0, 0.05) is 35.7 Å². The van der Waals surface area contributed by atoms with Crippen molar-refractivity contribution in [2.24, 2.45) is 0 Å². The quantitative estimate of drug-likeness (QED) is 0.671. The third-order valence-electron chi connectivity index (χ3n) is 3.59. The number of carbonyl (C=O) groups excluding carboxylic acids is 1. The second kappa shape index (κ2) is 8.57. The molecular weight excluding hydrogens is 423 g/mol. The zero-order valence-electron chi connectivity index (χ0n) is 14.1. The lowest BCUT2D eigenvalue weighted by Crippen LogP contribution is -2.27. The molecule has 0 saturated carbocycles. The van der Waals surface area contributed by atoms with Gasteiger partial charge in [0.15, 0.2) is 0 Å². The summed E-state index contributed by atoms with van der Waals surface area (Å²) in [6.07, 6.45) is 1.44. The van der Waals surface area contributed by atoms with Crippen LogP contribution < -0.4 is 4.72 Å². The topological polar surface area (TPSA) is 66.5 Å². The molecular formula is C18H18BrFN2O3S. The Bertz CT molecular complexity index is 915. The summed E-state index contributed by atoms with van der Waals surface area (Å²) in [4.78, 5) is 13.9. The SMILES string of the molecule is C=CCNS(=O)(=O)c1ccc(C(=O)N(C)Cc2cc(Br)ccc2F)cc1. The summed E-state index contributed by atoms with van der Waals surface area (Å²) in [7, 11) is -2.09. The van der Waals surface area contributed by atoms with Crippen molar-refractivity contribution in [1.82, 2.24) is 9.62 Å². The maximum Gasteiger partial charge on any atom is 0.253 e. The van der Waals surface area contributed by atoms with Crippen molar-refractivity contribution in [3.05, 3.63) is 76.5 Å².